The van der Waals surface area contributed by atoms with Crippen LogP contribution in [0.15, 0.2) is 0 Å². The summed E-state index contributed by atoms with van der Waals surface area (Å²) in [6.45, 7) is 8.10. The first-order valence-corrected chi connectivity index (χ1v) is 9.77. The van der Waals surface area contributed by atoms with Gasteiger partial charge in [-0.05, 0) is 73.0 Å². The molecule has 1 saturated carbocycles. The van der Waals surface area contributed by atoms with Crippen LogP contribution >= 0.6 is 0 Å². The van der Waals surface area contributed by atoms with Crippen LogP contribution in [0.25, 0.3) is 0 Å². The van der Waals surface area contributed by atoms with Gasteiger partial charge in [-0.1, -0.05) is 19.3 Å². The van der Waals surface area contributed by atoms with Crippen molar-refractivity contribution in [2.45, 2.75) is 95.9 Å². The van der Waals surface area contributed by atoms with Crippen molar-refractivity contribution in [3.63, 3.8) is 0 Å². The Labute approximate surface area is 147 Å². The molecule has 3 unspecified atom stereocenters. The van der Waals surface area contributed by atoms with Gasteiger partial charge in [0.2, 0.25) is 0 Å². The Bertz CT molecular complexity index is 395. The largest absolute Gasteiger partial charge is 0.444 e. The lowest BCUT2D eigenvalue weighted by molar-refractivity contribution is 0.0487. The fraction of sp³-hybridized carbons (Fsp3) is 0.947. The Morgan fingerprint density at radius 2 is 1.67 bits per heavy atom. The van der Waals surface area contributed by atoms with Crippen molar-refractivity contribution in [1.29, 1.82) is 0 Å². The highest BCUT2D eigenvalue weighted by Gasteiger charge is 2.29. The lowest BCUT2D eigenvalue weighted by Crippen LogP contribution is -2.53. The average Bonchev–Trinajstić information content (AvgIpc) is 2.79. The maximum atomic E-state index is 12.2. The lowest BCUT2D eigenvalue weighted by atomic mass is 10.00. The quantitative estimate of drug-likeness (QED) is 0.775. The number of carbonyl (C=O) groups is 1. The zero-order chi connectivity index (χ0) is 17.6. The van der Waals surface area contributed by atoms with Gasteiger partial charge in [0.05, 0.1) is 0 Å². The number of amides is 1. The molecule has 1 aliphatic carbocycles. The molecule has 5 nitrogen and oxygen atoms in total. The smallest absolute Gasteiger partial charge is 0.407 e. The second-order valence-electron chi connectivity index (χ2n) is 8.59. The van der Waals surface area contributed by atoms with Crippen LogP contribution in [0.5, 0.6) is 0 Å². The van der Waals surface area contributed by atoms with E-state index in [4.69, 9.17) is 4.74 Å². The van der Waals surface area contributed by atoms with E-state index in [1.807, 2.05) is 20.8 Å². The van der Waals surface area contributed by atoms with Gasteiger partial charge in [-0.25, -0.2) is 4.79 Å². The van der Waals surface area contributed by atoms with Gasteiger partial charge < -0.3 is 20.3 Å². The van der Waals surface area contributed by atoms with Gasteiger partial charge in [0.1, 0.15) is 5.60 Å². The number of nitrogens with one attached hydrogen (secondary N) is 2. The van der Waals surface area contributed by atoms with Gasteiger partial charge in [0, 0.05) is 18.1 Å². The fourth-order valence-corrected chi connectivity index (χ4v) is 3.85. The first-order chi connectivity index (χ1) is 11.3. The third-order valence-electron chi connectivity index (χ3n) is 5.12. The van der Waals surface area contributed by atoms with Crippen LogP contribution < -0.4 is 10.6 Å². The molecule has 0 radical (unpaired) electrons. The maximum absolute atomic E-state index is 12.2. The molecule has 0 spiro atoms. The topological polar surface area (TPSA) is 53.6 Å². The van der Waals surface area contributed by atoms with Gasteiger partial charge in [0.15, 0.2) is 0 Å². The van der Waals surface area contributed by atoms with Crippen LogP contribution in [0, 0.1) is 0 Å². The van der Waals surface area contributed by atoms with Crippen molar-refractivity contribution in [3.8, 4) is 0 Å². The maximum Gasteiger partial charge on any atom is 0.407 e. The first-order valence-electron chi connectivity index (χ1n) is 9.77. The molecular formula is C19H37N3O2. The van der Waals surface area contributed by atoms with Crippen molar-refractivity contribution >= 4 is 6.09 Å². The SMILES string of the molecule is CN1CCCC(NC2CCCCCC2NC(=O)OC(C)(C)C)CC1. The van der Waals surface area contributed by atoms with E-state index in [1.54, 1.807) is 0 Å². The van der Waals surface area contributed by atoms with E-state index in [2.05, 4.69) is 22.6 Å². The molecule has 1 amide bonds. The first kappa shape index (κ1) is 19.5. The van der Waals surface area contributed by atoms with E-state index in [1.165, 1.54) is 45.1 Å². The van der Waals surface area contributed by atoms with Crippen molar-refractivity contribution in [2.75, 3.05) is 20.1 Å². The van der Waals surface area contributed by atoms with Crippen molar-refractivity contribution in [1.82, 2.24) is 15.5 Å². The molecule has 0 aromatic carbocycles. The number of ether oxygens (including phenoxy) is 1. The lowest BCUT2D eigenvalue weighted by Gasteiger charge is -2.32. The number of alkyl carbamates (subject to hydrolysis) is 1. The molecule has 5 heteroatoms. The van der Waals surface area contributed by atoms with E-state index in [9.17, 15) is 4.79 Å². The number of nitrogens with zero attached hydrogens (tertiary/aromatic N) is 1. The van der Waals surface area contributed by atoms with Gasteiger partial charge >= 0.3 is 6.09 Å². The Balaban J connectivity index is 1.92. The van der Waals surface area contributed by atoms with Crippen LogP contribution in [0.1, 0.15) is 72.1 Å². The fourth-order valence-electron chi connectivity index (χ4n) is 3.85. The predicted molar refractivity (Wildman–Crippen MR) is 98.3 cm³/mol. The highest BCUT2D eigenvalue weighted by Crippen LogP contribution is 2.21. The van der Waals surface area contributed by atoms with Crippen molar-refractivity contribution in [3.05, 3.63) is 0 Å². The Morgan fingerprint density at radius 3 is 2.38 bits per heavy atom. The molecule has 140 valence electrons. The summed E-state index contributed by atoms with van der Waals surface area (Å²) >= 11 is 0. The average molecular weight is 340 g/mol. The standard InChI is InChI=1S/C19H37N3O2/c1-19(2,3)24-18(23)21-17-11-7-5-6-10-16(17)20-15-9-8-13-22(4)14-12-15/h15-17,20H,5-14H2,1-4H3,(H,21,23). The summed E-state index contributed by atoms with van der Waals surface area (Å²) in [6, 6.07) is 1.12. The number of hydrogen-bond acceptors (Lipinski definition) is 4. The Hall–Kier alpha value is -0.810. The van der Waals surface area contributed by atoms with Crippen LogP contribution in [0.4, 0.5) is 4.79 Å². The molecule has 1 saturated heterocycles. The van der Waals surface area contributed by atoms with Crippen LogP contribution in [-0.2, 0) is 4.74 Å². The highest BCUT2D eigenvalue weighted by molar-refractivity contribution is 5.68. The zero-order valence-electron chi connectivity index (χ0n) is 16.1. The third kappa shape index (κ3) is 6.98. The molecule has 1 heterocycles. The molecule has 24 heavy (non-hydrogen) atoms. The van der Waals surface area contributed by atoms with E-state index < -0.39 is 5.60 Å². The predicted octanol–water partition coefficient (Wildman–Crippen LogP) is 3.29. The van der Waals surface area contributed by atoms with Crippen LogP contribution in [0.3, 0.4) is 0 Å². The van der Waals surface area contributed by atoms with Gasteiger partial charge in [0.25, 0.3) is 0 Å². The normalized spacial score (nSPS) is 30.2. The minimum atomic E-state index is -0.441. The Morgan fingerprint density at radius 1 is 0.958 bits per heavy atom. The molecule has 2 N–H and O–H groups in total. The summed E-state index contributed by atoms with van der Waals surface area (Å²) in [5.41, 5.74) is -0.441. The van der Waals surface area contributed by atoms with Crippen molar-refractivity contribution in [2.24, 2.45) is 0 Å². The van der Waals surface area contributed by atoms with Crippen LogP contribution in [0.2, 0.25) is 0 Å². The minimum Gasteiger partial charge on any atom is -0.444 e. The number of rotatable bonds is 3. The molecule has 0 aromatic rings. The summed E-state index contributed by atoms with van der Waals surface area (Å²) in [6.07, 6.45) is 9.30. The molecular weight excluding hydrogens is 302 g/mol. The summed E-state index contributed by atoms with van der Waals surface area (Å²) in [4.78, 5) is 14.6. The van der Waals surface area contributed by atoms with E-state index in [0.717, 1.165) is 19.4 Å². The number of likely N-dealkylation sites (tertiary alicyclic amines) is 1. The van der Waals surface area contributed by atoms with Gasteiger partial charge in [-0.3, -0.25) is 0 Å². The molecule has 0 bridgehead atoms. The van der Waals surface area contributed by atoms with Gasteiger partial charge in [-0.15, -0.1) is 0 Å². The zero-order valence-corrected chi connectivity index (χ0v) is 16.1. The Kier molecular flexibility index (Phi) is 7.35. The van der Waals surface area contributed by atoms with E-state index >= 15 is 0 Å². The summed E-state index contributed by atoms with van der Waals surface area (Å²) < 4.78 is 5.47. The van der Waals surface area contributed by atoms with E-state index in [-0.39, 0.29) is 12.1 Å². The van der Waals surface area contributed by atoms with Crippen molar-refractivity contribution < 1.29 is 9.53 Å². The molecule has 3 atom stereocenters. The number of carbonyl (C=O) groups excluding carboxylic acids is 1. The summed E-state index contributed by atoms with van der Waals surface area (Å²) in [5.74, 6) is 0. The van der Waals surface area contributed by atoms with Gasteiger partial charge in [-0.2, -0.15) is 0 Å². The molecule has 2 aliphatic rings. The summed E-state index contributed by atoms with van der Waals surface area (Å²) in [5, 5.41) is 7.03. The van der Waals surface area contributed by atoms with E-state index in [0.29, 0.717) is 12.1 Å². The molecule has 2 rings (SSSR count). The number of hydrogen-bond donors (Lipinski definition) is 2. The van der Waals surface area contributed by atoms with Crippen LogP contribution in [-0.4, -0.2) is 54.9 Å². The monoisotopic (exact) mass is 339 g/mol. The molecule has 2 fully saturated rings. The minimum absolute atomic E-state index is 0.184. The second-order valence-corrected chi connectivity index (χ2v) is 8.59. The highest BCUT2D eigenvalue weighted by atomic mass is 16.6. The summed E-state index contributed by atoms with van der Waals surface area (Å²) in [7, 11) is 2.21. The third-order valence-corrected chi connectivity index (χ3v) is 5.12. The second kappa shape index (κ2) is 9.04. The molecule has 0 aromatic heterocycles. The molecule has 1 aliphatic heterocycles.